The first-order valence-corrected chi connectivity index (χ1v) is 6.51. The molecular weight excluding hydrogens is 284 g/mol. The number of carbonyl (C=O) groups excluding carboxylic acids is 1. The van der Waals surface area contributed by atoms with Crippen molar-refractivity contribution in [1.29, 1.82) is 0 Å². The molecule has 0 aliphatic rings. The largest absolute Gasteiger partial charge is 0.508 e. The molecule has 0 atom stereocenters. The fourth-order valence-corrected chi connectivity index (χ4v) is 1.94. The predicted octanol–water partition coefficient (Wildman–Crippen LogP) is 2.62. The molecule has 2 rings (SSSR count). The average Bonchev–Trinajstić information content (AvgIpc) is 2.48. The van der Waals surface area contributed by atoms with Crippen molar-refractivity contribution >= 4 is 17.8 Å². The topological polar surface area (TPSA) is 94.8 Å². The highest BCUT2D eigenvalue weighted by Crippen LogP contribution is 2.24. The van der Waals surface area contributed by atoms with Crippen LogP contribution in [0.4, 0.5) is 0 Å². The second-order valence-electron chi connectivity index (χ2n) is 4.67. The van der Waals surface area contributed by atoms with Crippen molar-refractivity contribution < 1.29 is 24.9 Å². The Morgan fingerprint density at radius 2 is 1.68 bits per heavy atom. The van der Waals surface area contributed by atoms with Gasteiger partial charge in [0.15, 0.2) is 5.78 Å². The standard InChI is InChI=1S/C17H14O5/c18-13-7-4-11(5-8-13)6-9-15(19)14-3-1-2-12(17(14)22)10-16(20)21/h1-9,18,22H,10H2,(H,20,21). The number of rotatable bonds is 5. The summed E-state index contributed by atoms with van der Waals surface area (Å²) in [7, 11) is 0. The number of ketones is 1. The normalized spacial score (nSPS) is 10.7. The Labute approximate surface area is 126 Å². The van der Waals surface area contributed by atoms with E-state index in [1.54, 1.807) is 18.2 Å². The molecule has 0 aliphatic heterocycles. The van der Waals surface area contributed by atoms with Gasteiger partial charge in [-0.15, -0.1) is 0 Å². The highest BCUT2D eigenvalue weighted by molar-refractivity contribution is 6.08. The third-order valence-electron chi connectivity index (χ3n) is 3.05. The molecule has 2 aromatic carbocycles. The highest BCUT2D eigenvalue weighted by Gasteiger charge is 2.13. The lowest BCUT2D eigenvalue weighted by molar-refractivity contribution is -0.136. The summed E-state index contributed by atoms with van der Waals surface area (Å²) < 4.78 is 0. The van der Waals surface area contributed by atoms with E-state index in [2.05, 4.69) is 0 Å². The molecule has 5 heteroatoms. The van der Waals surface area contributed by atoms with Crippen LogP contribution in [0.1, 0.15) is 21.5 Å². The minimum absolute atomic E-state index is 0.0498. The summed E-state index contributed by atoms with van der Waals surface area (Å²) in [5, 5.41) is 27.9. The molecule has 0 bridgehead atoms. The molecule has 0 saturated carbocycles. The van der Waals surface area contributed by atoms with Crippen LogP contribution in [0.2, 0.25) is 0 Å². The third-order valence-corrected chi connectivity index (χ3v) is 3.05. The first-order chi connectivity index (χ1) is 10.5. The number of allylic oxidation sites excluding steroid dienone is 1. The first-order valence-electron chi connectivity index (χ1n) is 6.51. The Balaban J connectivity index is 2.22. The van der Waals surface area contributed by atoms with Crippen molar-refractivity contribution in [2.45, 2.75) is 6.42 Å². The van der Waals surface area contributed by atoms with Crippen molar-refractivity contribution in [3.05, 3.63) is 65.2 Å². The monoisotopic (exact) mass is 298 g/mol. The summed E-state index contributed by atoms with van der Waals surface area (Å²) in [5.74, 6) is -1.70. The van der Waals surface area contributed by atoms with Crippen LogP contribution in [-0.4, -0.2) is 27.1 Å². The maximum atomic E-state index is 12.1. The van der Waals surface area contributed by atoms with E-state index >= 15 is 0 Å². The number of para-hydroxylation sites is 1. The number of benzene rings is 2. The van der Waals surface area contributed by atoms with Crippen molar-refractivity contribution in [2.24, 2.45) is 0 Å². The Morgan fingerprint density at radius 3 is 2.32 bits per heavy atom. The van der Waals surface area contributed by atoms with Gasteiger partial charge in [0.25, 0.3) is 0 Å². The first kappa shape index (κ1) is 15.3. The smallest absolute Gasteiger partial charge is 0.307 e. The van der Waals surface area contributed by atoms with E-state index in [9.17, 15) is 19.8 Å². The van der Waals surface area contributed by atoms with Gasteiger partial charge in [0.1, 0.15) is 11.5 Å². The van der Waals surface area contributed by atoms with Crippen LogP contribution in [0.25, 0.3) is 6.08 Å². The molecule has 0 aliphatic carbocycles. The fourth-order valence-electron chi connectivity index (χ4n) is 1.94. The maximum absolute atomic E-state index is 12.1. The maximum Gasteiger partial charge on any atom is 0.307 e. The molecule has 0 aromatic heterocycles. The summed E-state index contributed by atoms with van der Waals surface area (Å²) >= 11 is 0. The quantitative estimate of drug-likeness (QED) is 0.582. The van der Waals surface area contributed by atoms with Crippen LogP contribution in [0, 0.1) is 0 Å². The zero-order chi connectivity index (χ0) is 16.1. The van der Waals surface area contributed by atoms with Gasteiger partial charge in [-0.1, -0.05) is 30.3 Å². The van der Waals surface area contributed by atoms with Gasteiger partial charge >= 0.3 is 5.97 Å². The van der Waals surface area contributed by atoms with E-state index in [0.717, 1.165) is 0 Å². The molecule has 0 radical (unpaired) electrons. The lowest BCUT2D eigenvalue weighted by atomic mass is 10.0. The number of hydrogen-bond donors (Lipinski definition) is 3. The summed E-state index contributed by atoms with van der Waals surface area (Å²) in [5.41, 5.74) is 0.956. The molecule has 0 spiro atoms. The van der Waals surface area contributed by atoms with Gasteiger partial charge < -0.3 is 15.3 Å². The lowest BCUT2D eigenvalue weighted by Crippen LogP contribution is -2.03. The van der Waals surface area contributed by atoms with Gasteiger partial charge in [-0.05, 0) is 29.8 Å². The van der Waals surface area contributed by atoms with E-state index in [-0.39, 0.29) is 29.0 Å². The van der Waals surface area contributed by atoms with Crippen molar-refractivity contribution in [3.8, 4) is 11.5 Å². The molecular formula is C17H14O5. The summed E-state index contributed by atoms with van der Waals surface area (Å²) in [6.07, 6.45) is 2.48. The number of aromatic hydroxyl groups is 2. The average molecular weight is 298 g/mol. The van der Waals surface area contributed by atoms with Gasteiger partial charge in [-0.25, -0.2) is 0 Å². The van der Waals surface area contributed by atoms with Crippen LogP contribution >= 0.6 is 0 Å². The SMILES string of the molecule is O=C(O)Cc1cccc(C(=O)C=Cc2ccc(O)cc2)c1O. The second-order valence-corrected chi connectivity index (χ2v) is 4.67. The Morgan fingerprint density at radius 1 is 1.00 bits per heavy atom. The van der Waals surface area contributed by atoms with E-state index in [1.807, 2.05) is 0 Å². The van der Waals surface area contributed by atoms with E-state index in [1.165, 1.54) is 36.4 Å². The van der Waals surface area contributed by atoms with Gasteiger partial charge in [0.2, 0.25) is 0 Å². The van der Waals surface area contributed by atoms with Gasteiger partial charge in [0.05, 0.1) is 12.0 Å². The molecule has 0 heterocycles. The predicted molar refractivity (Wildman–Crippen MR) is 80.9 cm³/mol. The van der Waals surface area contributed by atoms with Crippen LogP contribution < -0.4 is 0 Å². The van der Waals surface area contributed by atoms with Gasteiger partial charge in [0, 0.05) is 5.56 Å². The van der Waals surface area contributed by atoms with Crippen LogP contribution in [0.5, 0.6) is 11.5 Å². The number of phenolic OH excluding ortho intramolecular Hbond substituents is 2. The molecule has 22 heavy (non-hydrogen) atoms. The molecule has 0 unspecified atom stereocenters. The van der Waals surface area contributed by atoms with E-state index in [4.69, 9.17) is 5.11 Å². The van der Waals surface area contributed by atoms with Crippen LogP contribution in [-0.2, 0) is 11.2 Å². The number of hydrogen-bond acceptors (Lipinski definition) is 4. The highest BCUT2D eigenvalue weighted by atomic mass is 16.4. The molecule has 5 nitrogen and oxygen atoms in total. The number of carboxylic acids is 1. The summed E-state index contributed by atoms with van der Waals surface area (Å²) in [6, 6.07) is 10.7. The molecule has 0 amide bonds. The Kier molecular flexibility index (Phi) is 4.58. The number of carboxylic acid groups (broad SMARTS) is 1. The van der Waals surface area contributed by atoms with E-state index in [0.29, 0.717) is 5.56 Å². The minimum atomic E-state index is -1.08. The number of carbonyl (C=O) groups is 2. The third kappa shape index (κ3) is 3.73. The van der Waals surface area contributed by atoms with Crippen LogP contribution in [0.3, 0.4) is 0 Å². The molecule has 2 aromatic rings. The van der Waals surface area contributed by atoms with Gasteiger partial charge in [-0.2, -0.15) is 0 Å². The number of phenols is 2. The van der Waals surface area contributed by atoms with Gasteiger partial charge in [-0.3, -0.25) is 9.59 Å². The fraction of sp³-hybridized carbons (Fsp3) is 0.0588. The molecule has 3 N–H and O–H groups in total. The van der Waals surface area contributed by atoms with Crippen LogP contribution in [0.15, 0.2) is 48.5 Å². The number of aliphatic carboxylic acids is 1. The summed E-state index contributed by atoms with van der Waals surface area (Å²) in [6.45, 7) is 0. The Hall–Kier alpha value is -3.08. The molecule has 0 fully saturated rings. The molecule has 112 valence electrons. The molecule has 0 saturated heterocycles. The summed E-state index contributed by atoms with van der Waals surface area (Å²) in [4.78, 5) is 22.8. The second kappa shape index (κ2) is 6.58. The van der Waals surface area contributed by atoms with Crippen molar-refractivity contribution in [1.82, 2.24) is 0 Å². The lowest BCUT2D eigenvalue weighted by Gasteiger charge is -2.05. The zero-order valence-electron chi connectivity index (χ0n) is 11.6. The van der Waals surface area contributed by atoms with Crippen molar-refractivity contribution in [3.63, 3.8) is 0 Å². The zero-order valence-corrected chi connectivity index (χ0v) is 11.6. The minimum Gasteiger partial charge on any atom is -0.508 e. The Bertz CT molecular complexity index is 729. The van der Waals surface area contributed by atoms with Crippen molar-refractivity contribution in [2.75, 3.05) is 0 Å². The van der Waals surface area contributed by atoms with E-state index < -0.39 is 11.8 Å².